The zero-order valence-corrected chi connectivity index (χ0v) is 10.8. The zero-order valence-electron chi connectivity index (χ0n) is 9.99. The number of halogens is 1. The molecule has 3 aliphatic heterocycles. The van der Waals surface area contributed by atoms with Crippen LogP contribution in [-0.4, -0.2) is 24.8 Å². The number of hydrogen-bond donors (Lipinski definition) is 1. The van der Waals surface area contributed by atoms with Gasteiger partial charge in [0.25, 0.3) is 0 Å². The van der Waals surface area contributed by atoms with Crippen molar-refractivity contribution in [3.63, 3.8) is 0 Å². The van der Waals surface area contributed by atoms with Crippen LogP contribution >= 0.6 is 12.4 Å². The third-order valence-electron chi connectivity index (χ3n) is 4.44. The highest BCUT2D eigenvalue weighted by atomic mass is 35.5. The fourth-order valence-corrected chi connectivity index (χ4v) is 3.73. The van der Waals surface area contributed by atoms with Gasteiger partial charge in [-0.05, 0) is 57.3 Å². The van der Waals surface area contributed by atoms with Crippen molar-refractivity contribution in [1.82, 2.24) is 5.32 Å². The molecule has 3 rings (SSSR count). The number of fused-ring (bicyclic) bond motifs is 2. The van der Waals surface area contributed by atoms with Crippen LogP contribution < -0.4 is 5.32 Å². The Bertz CT molecular complexity index is 206. The van der Waals surface area contributed by atoms with E-state index in [-0.39, 0.29) is 12.4 Å². The molecule has 0 spiro atoms. The Labute approximate surface area is 105 Å². The van der Waals surface area contributed by atoms with Gasteiger partial charge in [0, 0.05) is 18.7 Å². The Kier molecular flexibility index (Phi) is 4.51. The van der Waals surface area contributed by atoms with E-state index in [1.54, 1.807) is 0 Å². The lowest BCUT2D eigenvalue weighted by atomic mass is 9.86. The molecule has 94 valence electrons. The molecule has 3 saturated heterocycles. The van der Waals surface area contributed by atoms with E-state index in [9.17, 15) is 0 Å². The minimum Gasteiger partial charge on any atom is -0.378 e. The van der Waals surface area contributed by atoms with Crippen molar-refractivity contribution in [2.45, 2.75) is 69.6 Å². The minimum atomic E-state index is 0. The van der Waals surface area contributed by atoms with Crippen molar-refractivity contribution < 1.29 is 4.74 Å². The highest BCUT2D eigenvalue weighted by Crippen LogP contribution is 2.34. The van der Waals surface area contributed by atoms with Gasteiger partial charge in [-0.1, -0.05) is 0 Å². The normalized spacial score (nSPS) is 42.8. The fourth-order valence-electron chi connectivity index (χ4n) is 3.73. The molecule has 0 aliphatic carbocycles. The molecule has 16 heavy (non-hydrogen) atoms. The molecule has 0 amide bonds. The van der Waals surface area contributed by atoms with Crippen molar-refractivity contribution in [3.05, 3.63) is 0 Å². The van der Waals surface area contributed by atoms with Gasteiger partial charge in [0.1, 0.15) is 0 Å². The smallest absolute Gasteiger partial charge is 0.0577 e. The molecule has 3 atom stereocenters. The SMILES string of the molecule is C1CCC(CC2CC3CCC(C2)N3)OC1.Cl. The van der Waals surface area contributed by atoms with E-state index in [1.165, 1.54) is 51.4 Å². The lowest BCUT2D eigenvalue weighted by Crippen LogP contribution is -2.39. The van der Waals surface area contributed by atoms with Gasteiger partial charge in [0.05, 0.1) is 6.10 Å². The molecule has 2 nitrogen and oxygen atoms in total. The van der Waals surface area contributed by atoms with E-state index in [2.05, 4.69) is 5.32 Å². The largest absolute Gasteiger partial charge is 0.378 e. The quantitative estimate of drug-likeness (QED) is 0.808. The van der Waals surface area contributed by atoms with Gasteiger partial charge in [0.2, 0.25) is 0 Å². The summed E-state index contributed by atoms with van der Waals surface area (Å²) in [6.07, 6.45) is 11.6. The lowest BCUT2D eigenvalue weighted by Gasteiger charge is -2.32. The summed E-state index contributed by atoms with van der Waals surface area (Å²) in [5.41, 5.74) is 0. The van der Waals surface area contributed by atoms with Gasteiger partial charge in [0.15, 0.2) is 0 Å². The maximum absolute atomic E-state index is 5.85. The van der Waals surface area contributed by atoms with Crippen LogP contribution in [0.2, 0.25) is 0 Å². The van der Waals surface area contributed by atoms with E-state index in [4.69, 9.17) is 4.74 Å². The monoisotopic (exact) mass is 245 g/mol. The van der Waals surface area contributed by atoms with Crippen molar-refractivity contribution in [2.24, 2.45) is 5.92 Å². The van der Waals surface area contributed by atoms with Gasteiger partial charge in [-0.25, -0.2) is 0 Å². The summed E-state index contributed by atoms with van der Waals surface area (Å²) in [6, 6.07) is 1.69. The van der Waals surface area contributed by atoms with Crippen LogP contribution in [0, 0.1) is 5.92 Å². The molecular formula is C13H24ClNO. The molecule has 3 fully saturated rings. The van der Waals surface area contributed by atoms with Gasteiger partial charge in [-0.2, -0.15) is 0 Å². The van der Waals surface area contributed by atoms with Crippen LogP contribution in [0.1, 0.15) is 51.4 Å². The van der Waals surface area contributed by atoms with Gasteiger partial charge in [-0.15, -0.1) is 12.4 Å². The van der Waals surface area contributed by atoms with E-state index >= 15 is 0 Å². The molecule has 3 heteroatoms. The first-order valence-corrected chi connectivity index (χ1v) is 6.78. The van der Waals surface area contributed by atoms with Crippen LogP contribution in [-0.2, 0) is 4.74 Å². The molecule has 1 N–H and O–H groups in total. The maximum atomic E-state index is 5.85. The van der Waals surface area contributed by atoms with Crippen molar-refractivity contribution in [3.8, 4) is 0 Å². The maximum Gasteiger partial charge on any atom is 0.0577 e. The van der Waals surface area contributed by atoms with Gasteiger partial charge < -0.3 is 10.1 Å². The molecule has 0 saturated carbocycles. The van der Waals surface area contributed by atoms with E-state index < -0.39 is 0 Å². The number of ether oxygens (including phenoxy) is 1. The Balaban J connectivity index is 0.000000963. The minimum absolute atomic E-state index is 0. The second kappa shape index (κ2) is 5.70. The van der Waals surface area contributed by atoms with Crippen molar-refractivity contribution in [1.29, 1.82) is 0 Å². The molecule has 0 aromatic rings. The molecule has 3 heterocycles. The Morgan fingerprint density at radius 2 is 1.75 bits per heavy atom. The third kappa shape index (κ3) is 2.91. The van der Waals surface area contributed by atoms with E-state index in [1.807, 2.05) is 0 Å². The van der Waals surface area contributed by atoms with Crippen LogP contribution in [0.4, 0.5) is 0 Å². The second-order valence-electron chi connectivity index (χ2n) is 5.70. The fraction of sp³-hybridized carbons (Fsp3) is 1.00. The molecule has 3 aliphatic rings. The first kappa shape index (κ1) is 12.7. The van der Waals surface area contributed by atoms with Crippen LogP contribution in [0.5, 0.6) is 0 Å². The van der Waals surface area contributed by atoms with Gasteiger partial charge in [-0.3, -0.25) is 0 Å². The molecule has 2 bridgehead atoms. The summed E-state index contributed by atoms with van der Waals surface area (Å²) in [4.78, 5) is 0. The molecule has 3 unspecified atom stereocenters. The summed E-state index contributed by atoms with van der Waals surface area (Å²) in [6.45, 7) is 1.02. The molecule has 0 aromatic heterocycles. The van der Waals surface area contributed by atoms with E-state index in [0.717, 1.165) is 24.6 Å². The Morgan fingerprint density at radius 3 is 2.38 bits per heavy atom. The summed E-state index contributed by atoms with van der Waals surface area (Å²) in [5.74, 6) is 0.951. The first-order valence-electron chi connectivity index (χ1n) is 6.78. The predicted octanol–water partition coefficient (Wildman–Crippen LogP) is 2.90. The third-order valence-corrected chi connectivity index (χ3v) is 4.44. The molecule has 0 aromatic carbocycles. The Hall–Kier alpha value is 0.210. The van der Waals surface area contributed by atoms with Crippen LogP contribution in [0.25, 0.3) is 0 Å². The topological polar surface area (TPSA) is 21.3 Å². The average Bonchev–Trinajstić information content (AvgIpc) is 2.60. The van der Waals surface area contributed by atoms with Crippen molar-refractivity contribution in [2.75, 3.05) is 6.61 Å². The predicted molar refractivity (Wildman–Crippen MR) is 68.1 cm³/mol. The standard InChI is InChI=1S/C13H23NO.ClH/c1-2-6-15-13(3-1)9-10-7-11-4-5-12(8-10)14-11;/h10-14H,1-9H2;1H. The van der Waals surface area contributed by atoms with Crippen molar-refractivity contribution >= 4 is 12.4 Å². The number of rotatable bonds is 2. The van der Waals surface area contributed by atoms with E-state index in [0.29, 0.717) is 6.10 Å². The number of nitrogens with one attached hydrogen (secondary N) is 1. The second-order valence-corrected chi connectivity index (χ2v) is 5.70. The molecule has 0 radical (unpaired) electrons. The van der Waals surface area contributed by atoms with Crippen LogP contribution in [0.15, 0.2) is 0 Å². The van der Waals surface area contributed by atoms with Crippen LogP contribution in [0.3, 0.4) is 0 Å². The first-order chi connectivity index (χ1) is 7.40. The summed E-state index contributed by atoms with van der Waals surface area (Å²) in [7, 11) is 0. The lowest BCUT2D eigenvalue weighted by molar-refractivity contribution is -0.00282. The number of hydrogen-bond acceptors (Lipinski definition) is 2. The average molecular weight is 246 g/mol. The molecular weight excluding hydrogens is 222 g/mol. The highest BCUT2D eigenvalue weighted by molar-refractivity contribution is 5.85. The highest BCUT2D eigenvalue weighted by Gasteiger charge is 2.34. The number of piperidine rings is 1. The van der Waals surface area contributed by atoms with Gasteiger partial charge >= 0.3 is 0 Å². The summed E-state index contributed by atoms with van der Waals surface area (Å²) < 4.78 is 5.85. The summed E-state index contributed by atoms with van der Waals surface area (Å²) in [5, 5.41) is 3.72. The zero-order chi connectivity index (χ0) is 10.1. The Morgan fingerprint density at radius 1 is 1.00 bits per heavy atom. The summed E-state index contributed by atoms with van der Waals surface area (Å²) >= 11 is 0.